The Morgan fingerprint density at radius 2 is 1.81 bits per heavy atom. The van der Waals surface area contributed by atoms with Crippen LogP contribution in [0, 0.1) is 5.92 Å². The molecule has 1 aliphatic carbocycles. The maximum atomic E-state index is 12.7. The van der Waals surface area contributed by atoms with E-state index < -0.39 is 0 Å². The molecule has 1 aromatic carbocycles. The summed E-state index contributed by atoms with van der Waals surface area (Å²) in [7, 11) is 0. The van der Waals surface area contributed by atoms with Crippen molar-refractivity contribution in [2.24, 2.45) is 11.7 Å². The zero-order chi connectivity index (χ0) is 14.7. The number of nitrogens with zero attached hydrogens (tertiary/aromatic N) is 2. The maximum Gasteiger partial charge on any atom is 0.231 e. The summed E-state index contributed by atoms with van der Waals surface area (Å²) < 4.78 is 0. The van der Waals surface area contributed by atoms with E-state index in [1.165, 1.54) is 19.4 Å². The molecule has 3 rings (SSSR count). The molecule has 0 radical (unpaired) electrons. The second kappa shape index (κ2) is 6.58. The third kappa shape index (κ3) is 3.63. The van der Waals surface area contributed by atoms with E-state index in [0.29, 0.717) is 6.54 Å². The first-order valence-corrected chi connectivity index (χ1v) is 8.04. The molecule has 1 unspecified atom stereocenters. The fraction of sp³-hybridized carbons (Fsp3) is 0.588. The summed E-state index contributed by atoms with van der Waals surface area (Å²) in [6.45, 7) is 5.30. The van der Waals surface area contributed by atoms with Gasteiger partial charge in [0.2, 0.25) is 5.91 Å². The van der Waals surface area contributed by atoms with Gasteiger partial charge in [0.25, 0.3) is 0 Å². The van der Waals surface area contributed by atoms with Crippen LogP contribution < -0.4 is 5.73 Å². The van der Waals surface area contributed by atoms with Gasteiger partial charge >= 0.3 is 0 Å². The molecule has 1 saturated carbocycles. The predicted molar refractivity (Wildman–Crippen MR) is 84.0 cm³/mol. The second-order valence-corrected chi connectivity index (χ2v) is 6.27. The molecular formula is C17H25N3O. The second-order valence-electron chi connectivity index (χ2n) is 6.27. The zero-order valence-electron chi connectivity index (χ0n) is 12.6. The molecule has 0 spiro atoms. The fourth-order valence-electron chi connectivity index (χ4n) is 3.10. The topological polar surface area (TPSA) is 49.6 Å². The number of benzene rings is 1. The Balaban J connectivity index is 1.57. The van der Waals surface area contributed by atoms with Crippen LogP contribution in [0.1, 0.15) is 24.3 Å². The van der Waals surface area contributed by atoms with Crippen molar-refractivity contribution in [1.82, 2.24) is 9.80 Å². The van der Waals surface area contributed by atoms with Crippen LogP contribution in [0.4, 0.5) is 0 Å². The molecule has 4 heteroatoms. The monoisotopic (exact) mass is 287 g/mol. The first kappa shape index (κ1) is 14.5. The minimum atomic E-state index is -0.193. The molecule has 1 heterocycles. The predicted octanol–water partition coefficient (Wildman–Crippen LogP) is 1.28. The van der Waals surface area contributed by atoms with Crippen LogP contribution in [0.5, 0.6) is 0 Å². The molecule has 2 fully saturated rings. The maximum absolute atomic E-state index is 12.7. The number of nitrogens with two attached hydrogens (primary N) is 1. The van der Waals surface area contributed by atoms with Gasteiger partial charge in [-0.2, -0.15) is 0 Å². The van der Waals surface area contributed by atoms with Crippen molar-refractivity contribution in [3.8, 4) is 0 Å². The lowest BCUT2D eigenvalue weighted by Crippen LogP contribution is -2.51. The molecule has 2 aliphatic rings. The van der Waals surface area contributed by atoms with Crippen molar-refractivity contribution in [2.75, 3.05) is 39.3 Å². The number of hydrogen-bond donors (Lipinski definition) is 1. The molecule has 1 amide bonds. The highest BCUT2D eigenvalue weighted by atomic mass is 16.2. The van der Waals surface area contributed by atoms with Gasteiger partial charge in [0.15, 0.2) is 0 Å². The fourth-order valence-corrected chi connectivity index (χ4v) is 3.10. The number of hydrogen-bond acceptors (Lipinski definition) is 3. The number of carbonyl (C=O) groups excluding carboxylic acids is 1. The van der Waals surface area contributed by atoms with E-state index in [-0.39, 0.29) is 11.8 Å². The van der Waals surface area contributed by atoms with Crippen molar-refractivity contribution in [2.45, 2.75) is 18.8 Å². The molecule has 21 heavy (non-hydrogen) atoms. The highest BCUT2D eigenvalue weighted by Gasteiger charge is 2.30. The Labute approximate surface area is 126 Å². The van der Waals surface area contributed by atoms with Gasteiger partial charge in [0.05, 0.1) is 5.92 Å². The Morgan fingerprint density at radius 3 is 2.38 bits per heavy atom. The van der Waals surface area contributed by atoms with E-state index in [9.17, 15) is 4.79 Å². The summed E-state index contributed by atoms with van der Waals surface area (Å²) in [5.74, 6) is 0.921. The lowest BCUT2D eigenvalue weighted by atomic mass is 9.97. The molecule has 114 valence electrons. The largest absolute Gasteiger partial charge is 0.340 e. The first-order chi connectivity index (χ1) is 10.3. The molecular weight excluding hydrogens is 262 g/mol. The third-order valence-corrected chi connectivity index (χ3v) is 4.63. The average Bonchev–Trinajstić information content (AvgIpc) is 3.34. The van der Waals surface area contributed by atoms with Gasteiger partial charge in [-0.15, -0.1) is 0 Å². The van der Waals surface area contributed by atoms with E-state index >= 15 is 0 Å². The smallest absolute Gasteiger partial charge is 0.231 e. The third-order valence-electron chi connectivity index (χ3n) is 4.63. The summed E-state index contributed by atoms with van der Waals surface area (Å²) in [4.78, 5) is 17.2. The van der Waals surface area contributed by atoms with Crippen LogP contribution in [0.15, 0.2) is 30.3 Å². The zero-order valence-corrected chi connectivity index (χ0v) is 12.6. The lowest BCUT2D eigenvalue weighted by Gasteiger charge is -2.36. The standard InChI is InChI=1S/C17H25N3O/c18-12-16(15-4-2-1-3-5-15)17(21)20-10-8-19(9-11-20)13-14-6-7-14/h1-5,14,16H,6-13,18H2. The molecule has 2 N–H and O–H groups in total. The van der Waals surface area contributed by atoms with E-state index in [2.05, 4.69) is 4.90 Å². The SMILES string of the molecule is NCC(C(=O)N1CCN(CC2CC2)CC1)c1ccccc1. The van der Waals surface area contributed by atoms with Gasteiger partial charge in [-0.3, -0.25) is 9.69 Å². The van der Waals surface area contributed by atoms with Crippen molar-refractivity contribution >= 4 is 5.91 Å². The van der Waals surface area contributed by atoms with E-state index in [1.807, 2.05) is 35.2 Å². The van der Waals surface area contributed by atoms with Crippen molar-refractivity contribution < 1.29 is 4.79 Å². The number of rotatable bonds is 5. The first-order valence-electron chi connectivity index (χ1n) is 8.04. The Bertz CT molecular complexity index is 464. The van der Waals surface area contributed by atoms with E-state index in [1.54, 1.807) is 0 Å². The van der Waals surface area contributed by atoms with Crippen LogP contribution in [0.3, 0.4) is 0 Å². The van der Waals surface area contributed by atoms with Gasteiger partial charge in [-0.1, -0.05) is 30.3 Å². The van der Waals surface area contributed by atoms with Crippen LogP contribution in [-0.4, -0.2) is 55.0 Å². The molecule has 1 saturated heterocycles. The van der Waals surface area contributed by atoms with Gasteiger partial charge in [0, 0.05) is 39.3 Å². The Kier molecular flexibility index (Phi) is 4.56. The summed E-state index contributed by atoms with van der Waals surface area (Å²) >= 11 is 0. The van der Waals surface area contributed by atoms with Gasteiger partial charge < -0.3 is 10.6 Å². The van der Waals surface area contributed by atoms with Crippen LogP contribution in [-0.2, 0) is 4.79 Å². The molecule has 1 atom stereocenters. The number of piperazine rings is 1. The van der Waals surface area contributed by atoms with Gasteiger partial charge in [-0.25, -0.2) is 0 Å². The van der Waals surface area contributed by atoms with Gasteiger partial charge in [0.1, 0.15) is 0 Å². The summed E-state index contributed by atoms with van der Waals surface area (Å²) in [5, 5.41) is 0. The van der Waals surface area contributed by atoms with Crippen molar-refractivity contribution in [3.63, 3.8) is 0 Å². The molecule has 4 nitrogen and oxygen atoms in total. The van der Waals surface area contributed by atoms with E-state index in [4.69, 9.17) is 5.73 Å². The van der Waals surface area contributed by atoms with Crippen molar-refractivity contribution in [1.29, 1.82) is 0 Å². The number of amides is 1. The molecule has 1 aliphatic heterocycles. The van der Waals surface area contributed by atoms with Gasteiger partial charge in [-0.05, 0) is 24.3 Å². The van der Waals surface area contributed by atoms with E-state index in [0.717, 1.165) is 37.7 Å². The van der Waals surface area contributed by atoms with Crippen LogP contribution in [0.2, 0.25) is 0 Å². The number of carbonyl (C=O) groups is 1. The minimum Gasteiger partial charge on any atom is -0.340 e. The highest BCUT2D eigenvalue weighted by Crippen LogP contribution is 2.30. The quantitative estimate of drug-likeness (QED) is 0.887. The minimum absolute atomic E-state index is 0.190. The summed E-state index contributed by atoms with van der Waals surface area (Å²) in [6, 6.07) is 9.91. The Morgan fingerprint density at radius 1 is 1.14 bits per heavy atom. The molecule has 1 aromatic rings. The summed E-state index contributed by atoms with van der Waals surface area (Å²) in [5.41, 5.74) is 6.89. The van der Waals surface area contributed by atoms with Crippen LogP contribution in [0.25, 0.3) is 0 Å². The normalized spacial score (nSPS) is 21.3. The van der Waals surface area contributed by atoms with Crippen molar-refractivity contribution in [3.05, 3.63) is 35.9 Å². The summed E-state index contributed by atoms with van der Waals surface area (Å²) in [6.07, 6.45) is 2.78. The average molecular weight is 287 g/mol. The van der Waals surface area contributed by atoms with Crippen LogP contribution >= 0.6 is 0 Å². The molecule has 0 aromatic heterocycles. The highest BCUT2D eigenvalue weighted by molar-refractivity contribution is 5.84. The Hall–Kier alpha value is -1.39. The molecule has 0 bridgehead atoms. The lowest BCUT2D eigenvalue weighted by molar-refractivity contribution is -0.134.